The van der Waals surface area contributed by atoms with E-state index in [0.717, 1.165) is 12.8 Å². The number of aryl methyl sites for hydroxylation is 1. The van der Waals surface area contributed by atoms with Gasteiger partial charge in [-0.25, -0.2) is 0 Å². The third kappa shape index (κ3) is 1.75. The van der Waals surface area contributed by atoms with Crippen molar-refractivity contribution in [1.82, 2.24) is 9.97 Å². The Kier molecular flexibility index (Phi) is 2.41. The number of pyridine rings is 1. The molecule has 94 valence electrons. The van der Waals surface area contributed by atoms with E-state index in [0.29, 0.717) is 5.92 Å². The summed E-state index contributed by atoms with van der Waals surface area (Å²) in [4.78, 5) is 7.82. The molecule has 1 N–H and O–H groups in total. The van der Waals surface area contributed by atoms with Gasteiger partial charge in [-0.1, -0.05) is 30.3 Å². The van der Waals surface area contributed by atoms with Gasteiger partial charge in [-0.15, -0.1) is 0 Å². The first kappa shape index (κ1) is 10.8. The zero-order chi connectivity index (χ0) is 12.7. The quantitative estimate of drug-likeness (QED) is 0.696. The minimum absolute atomic E-state index is 0.646. The molecular weight excluding hydrogens is 232 g/mol. The number of hydrogen-bond acceptors (Lipinski definition) is 1. The summed E-state index contributed by atoms with van der Waals surface area (Å²) in [6.45, 7) is 0. The van der Waals surface area contributed by atoms with E-state index in [9.17, 15) is 0 Å². The molecule has 0 amide bonds. The maximum atomic E-state index is 4.27. The van der Waals surface area contributed by atoms with Crippen LogP contribution in [0.4, 0.5) is 0 Å². The SMILES string of the molecule is c1ccc(C2CCc3[nH]c4ccncc4c3C2)cc1. The number of nitrogens with zero attached hydrogens (tertiary/aromatic N) is 1. The summed E-state index contributed by atoms with van der Waals surface area (Å²) in [5, 5.41) is 1.30. The number of aromatic amines is 1. The van der Waals surface area contributed by atoms with Gasteiger partial charge in [0.15, 0.2) is 0 Å². The van der Waals surface area contributed by atoms with E-state index in [1.807, 2.05) is 12.4 Å². The zero-order valence-electron chi connectivity index (χ0n) is 10.8. The number of fused-ring (bicyclic) bond motifs is 3. The second kappa shape index (κ2) is 4.23. The summed E-state index contributed by atoms with van der Waals surface area (Å²) in [6.07, 6.45) is 7.36. The highest BCUT2D eigenvalue weighted by Gasteiger charge is 2.23. The number of H-pyrrole nitrogens is 1. The predicted molar refractivity (Wildman–Crippen MR) is 77.3 cm³/mol. The normalized spacial score (nSPS) is 18.4. The summed E-state index contributed by atoms with van der Waals surface area (Å²) in [5.41, 5.74) is 5.58. The van der Waals surface area contributed by atoms with E-state index in [1.54, 1.807) is 0 Å². The summed E-state index contributed by atoms with van der Waals surface area (Å²) in [6, 6.07) is 13.0. The summed E-state index contributed by atoms with van der Waals surface area (Å²) in [7, 11) is 0. The molecule has 2 heteroatoms. The molecule has 1 atom stereocenters. The third-order valence-corrected chi connectivity index (χ3v) is 4.26. The van der Waals surface area contributed by atoms with Crippen molar-refractivity contribution >= 4 is 10.9 Å². The van der Waals surface area contributed by atoms with Crippen molar-refractivity contribution in [2.24, 2.45) is 0 Å². The Morgan fingerprint density at radius 2 is 2.00 bits per heavy atom. The highest BCUT2D eigenvalue weighted by atomic mass is 14.7. The molecule has 0 spiro atoms. The zero-order valence-corrected chi connectivity index (χ0v) is 10.8. The summed E-state index contributed by atoms with van der Waals surface area (Å²) < 4.78 is 0. The maximum absolute atomic E-state index is 4.27. The molecular formula is C17H16N2. The summed E-state index contributed by atoms with van der Waals surface area (Å²) >= 11 is 0. The lowest BCUT2D eigenvalue weighted by molar-refractivity contribution is 0.582. The highest BCUT2D eigenvalue weighted by molar-refractivity contribution is 5.84. The fraction of sp³-hybridized carbons (Fsp3) is 0.235. The van der Waals surface area contributed by atoms with Gasteiger partial charge in [-0.2, -0.15) is 0 Å². The summed E-state index contributed by atoms with van der Waals surface area (Å²) in [5.74, 6) is 0.646. The largest absolute Gasteiger partial charge is 0.358 e. The van der Waals surface area contributed by atoms with Crippen LogP contribution in [0.1, 0.15) is 29.2 Å². The second-order valence-corrected chi connectivity index (χ2v) is 5.35. The van der Waals surface area contributed by atoms with Crippen molar-refractivity contribution in [2.45, 2.75) is 25.2 Å². The van der Waals surface area contributed by atoms with E-state index in [2.05, 4.69) is 46.4 Å². The Morgan fingerprint density at radius 1 is 1.11 bits per heavy atom. The van der Waals surface area contributed by atoms with Gasteiger partial charge in [0, 0.05) is 29.0 Å². The standard InChI is InChI=1S/C17H16N2/c1-2-4-12(5-3-1)13-6-7-16-14(10-13)15-11-18-9-8-17(15)19-16/h1-5,8-9,11,13,19H,6-7,10H2. The van der Waals surface area contributed by atoms with E-state index >= 15 is 0 Å². The molecule has 2 nitrogen and oxygen atoms in total. The van der Waals surface area contributed by atoms with Crippen molar-refractivity contribution < 1.29 is 0 Å². The molecule has 3 aromatic rings. The number of nitrogens with one attached hydrogen (secondary N) is 1. The minimum atomic E-state index is 0.646. The first-order valence-electron chi connectivity index (χ1n) is 6.90. The monoisotopic (exact) mass is 248 g/mol. The average molecular weight is 248 g/mol. The Bertz CT molecular complexity index is 712. The Morgan fingerprint density at radius 3 is 2.89 bits per heavy atom. The van der Waals surface area contributed by atoms with E-state index in [4.69, 9.17) is 0 Å². The molecule has 1 aliphatic rings. The molecule has 0 fully saturated rings. The molecule has 0 saturated carbocycles. The van der Waals surface area contributed by atoms with Crippen molar-refractivity contribution in [3.8, 4) is 0 Å². The van der Waals surface area contributed by atoms with Crippen molar-refractivity contribution in [3.63, 3.8) is 0 Å². The first-order valence-corrected chi connectivity index (χ1v) is 6.90. The van der Waals surface area contributed by atoms with Crippen LogP contribution in [0.5, 0.6) is 0 Å². The molecule has 4 rings (SSSR count). The molecule has 0 radical (unpaired) electrons. The lowest BCUT2D eigenvalue weighted by Gasteiger charge is -2.22. The van der Waals surface area contributed by atoms with Crippen LogP contribution < -0.4 is 0 Å². The lowest BCUT2D eigenvalue weighted by atomic mass is 9.82. The number of hydrogen-bond donors (Lipinski definition) is 1. The van der Waals surface area contributed by atoms with Crippen LogP contribution in [-0.4, -0.2) is 9.97 Å². The van der Waals surface area contributed by atoms with Crippen LogP contribution >= 0.6 is 0 Å². The third-order valence-electron chi connectivity index (χ3n) is 4.26. The van der Waals surface area contributed by atoms with Crippen LogP contribution in [0, 0.1) is 0 Å². The second-order valence-electron chi connectivity index (χ2n) is 5.35. The fourth-order valence-corrected chi connectivity index (χ4v) is 3.27. The van der Waals surface area contributed by atoms with Gasteiger partial charge >= 0.3 is 0 Å². The van der Waals surface area contributed by atoms with Crippen LogP contribution in [0.2, 0.25) is 0 Å². The number of benzene rings is 1. The molecule has 1 aliphatic carbocycles. The van der Waals surface area contributed by atoms with Gasteiger partial charge in [0.05, 0.1) is 0 Å². The Labute approximate surface area is 112 Å². The predicted octanol–water partition coefficient (Wildman–Crippen LogP) is 3.84. The molecule has 2 heterocycles. The molecule has 0 bridgehead atoms. The highest BCUT2D eigenvalue weighted by Crippen LogP contribution is 2.35. The van der Waals surface area contributed by atoms with E-state index in [-0.39, 0.29) is 0 Å². The molecule has 2 aromatic heterocycles. The average Bonchev–Trinajstić information content (AvgIpc) is 2.86. The molecule has 0 aliphatic heterocycles. The van der Waals surface area contributed by atoms with Gasteiger partial charge in [0.2, 0.25) is 0 Å². The number of rotatable bonds is 1. The molecule has 1 aromatic carbocycles. The van der Waals surface area contributed by atoms with Crippen LogP contribution in [-0.2, 0) is 12.8 Å². The van der Waals surface area contributed by atoms with Crippen molar-refractivity contribution in [1.29, 1.82) is 0 Å². The topological polar surface area (TPSA) is 28.7 Å². The van der Waals surface area contributed by atoms with Gasteiger partial charge < -0.3 is 4.98 Å². The first-order chi connectivity index (χ1) is 9.42. The van der Waals surface area contributed by atoms with Gasteiger partial charge in [0.25, 0.3) is 0 Å². The smallest absolute Gasteiger partial charge is 0.0490 e. The fourth-order valence-electron chi connectivity index (χ4n) is 3.27. The van der Waals surface area contributed by atoms with E-state index < -0.39 is 0 Å². The molecule has 19 heavy (non-hydrogen) atoms. The van der Waals surface area contributed by atoms with Crippen molar-refractivity contribution in [2.75, 3.05) is 0 Å². The minimum Gasteiger partial charge on any atom is -0.358 e. The Balaban J connectivity index is 1.77. The van der Waals surface area contributed by atoms with Gasteiger partial charge in [-0.3, -0.25) is 4.98 Å². The van der Waals surface area contributed by atoms with Crippen LogP contribution in [0.15, 0.2) is 48.8 Å². The van der Waals surface area contributed by atoms with Crippen LogP contribution in [0.25, 0.3) is 10.9 Å². The molecule has 0 saturated heterocycles. The maximum Gasteiger partial charge on any atom is 0.0490 e. The Hall–Kier alpha value is -2.09. The number of aromatic nitrogens is 2. The van der Waals surface area contributed by atoms with Crippen molar-refractivity contribution in [3.05, 3.63) is 65.6 Å². The van der Waals surface area contributed by atoms with Gasteiger partial charge in [0.1, 0.15) is 0 Å². The lowest BCUT2D eigenvalue weighted by Crippen LogP contribution is -2.11. The van der Waals surface area contributed by atoms with Crippen LogP contribution in [0.3, 0.4) is 0 Å². The molecule has 1 unspecified atom stereocenters. The van der Waals surface area contributed by atoms with Gasteiger partial charge in [-0.05, 0) is 42.4 Å². The van der Waals surface area contributed by atoms with E-state index in [1.165, 1.54) is 34.1 Å².